The summed E-state index contributed by atoms with van der Waals surface area (Å²) in [6.07, 6.45) is 21.7. The molecule has 0 fully saturated rings. The van der Waals surface area contributed by atoms with E-state index in [1.807, 2.05) is 0 Å². The van der Waals surface area contributed by atoms with Crippen LogP contribution in [0.2, 0.25) is 0 Å². The lowest BCUT2D eigenvalue weighted by Crippen LogP contribution is -3.01. The summed E-state index contributed by atoms with van der Waals surface area (Å²) in [6, 6.07) is 0. The van der Waals surface area contributed by atoms with Gasteiger partial charge in [0.25, 0.3) is 0 Å². The van der Waals surface area contributed by atoms with Crippen LogP contribution in [-0.4, -0.2) is 25.8 Å². The molecule has 1 heterocycles. The van der Waals surface area contributed by atoms with E-state index in [9.17, 15) is 0 Å². The topological polar surface area (TPSA) is 61.6 Å². The number of hydrogen-bond acceptors (Lipinski definition) is 3. The maximum Gasteiger partial charge on any atom is 0.102 e. The van der Waals surface area contributed by atoms with Gasteiger partial charge in [-0.1, -0.05) is 58.3 Å². The minimum Gasteiger partial charge on any atom is -0.748 e. The highest BCUT2D eigenvalue weighted by Gasteiger charge is 2.06. The Morgan fingerprint density at radius 1 is 0.957 bits per heavy atom. The van der Waals surface area contributed by atoms with Gasteiger partial charge >= 0.3 is 0 Å². The predicted molar refractivity (Wildman–Crippen MR) is 96.2 cm³/mol. The van der Waals surface area contributed by atoms with E-state index in [4.69, 9.17) is 13.0 Å². The summed E-state index contributed by atoms with van der Waals surface area (Å²) in [5, 5.41) is 0. The monoisotopic (exact) mass is 345 g/mol. The summed E-state index contributed by atoms with van der Waals surface area (Å²) in [4.78, 5) is 1.53. The van der Waals surface area contributed by atoms with Crippen LogP contribution in [0.4, 0.5) is 0 Å². The van der Waals surface area contributed by atoms with Crippen LogP contribution in [0, 0.1) is 0 Å². The third kappa shape index (κ3) is 19.3. The largest absolute Gasteiger partial charge is 0.748 e. The molecule has 1 unspecified atom stereocenters. The van der Waals surface area contributed by atoms with E-state index < -0.39 is 10.1 Å². The molecule has 0 saturated heterocycles. The van der Waals surface area contributed by atoms with Gasteiger partial charge in [0.2, 0.25) is 0 Å². The lowest BCUT2D eigenvalue weighted by molar-refractivity contribution is -0.788. The third-order valence-electron chi connectivity index (χ3n) is 3.79. The molecule has 1 N–H and O–H groups in total. The Labute approximate surface area is 143 Å². The Balaban J connectivity index is 0.000000841. The van der Waals surface area contributed by atoms with Crippen molar-refractivity contribution < 1.29 is 17.9 Å². The van der Waals surface area contributed by atoms with Crippen LogP contribution in [0.3, 0.4) is 0 Å². The van der Waals surface area contributed by atoms with Gasteiger partial charge in [0.1, 0.15) is 6.20 Å². The van der Waals surface area contributed by atoms with E-state index in [1.54, 1.807) is 0 Å². The van der Waals surface area contributed by atoms with E-state index >= 15 is 0 Å². The normalized spacial score (nSPS) is 16.9. The molecular formula is C18H35NO3S. The maximum absolute atomic E-state index is 9.08. The molecule has 0 spiro atoms. The molecule has 4 nitrogen and oxygen atoms in total. The molecule has 0 saturated carbocycles. The van der Waals surface area contributed by atoms with Gasteiger partial charge in [0.15, 0.2) is 0 Å². The Bertz CT molecular complexity index is 433. The molecule has 1 rings (SSSR count). The van der Waals surface area contributed by atoms with Crippen molar-refractivity contribution >= 4 is 10.1 Å². The summed E-state index contributed by atoms with van der Waals surface area (Å²) in [7, 11) is -3.92. The van der Waals surface area contributed by atoms with Crippen LogP contribution >= 0.6 is 0 Å². The average Bonchev–Trinajstić information content (AvgIpc) is 2.85. The molecule has 0 aromatic heterocycles. The molecule has 23 heavy (non-hydrogen) atoms. The number of nitrogens with one attached hydrogen (secondary N) is 1. The minimum absolute atomic E-state index is 0.604. The summed E-state index contributed by atoms with van der Waals surface area (Å²) in [6.45, 7) is 5.75. The Hall–Kier alpha value is -0.650. The molecule has 0 bridgehead atoms. The molecule has 0 aromatic carbocycles. The van der Waals surface area contributed by atoms with Crippen LogP contribution in [0.5, 0.6) is 0 Å². The molecule has 1 aliphatic rings. The van der Waals surface area contributed by atoms with Gasteiger partial charge in [-0.3, -0.25) is 4.90 Å². The second-order valence-electron chi connectivity index (χ2n) is 6.43. The van der Waals surface area contributed by atoms with E-state index in [1.165, 1.54) is 81.2 Å². The fraction of sp³-hybridized carbons (Fsp3) is 0.778. The van der Waals surface area contributed by atoms with Gasteiger partial charge < -0.3 is 4.55 Å². The fourth-order valence-corrected chi connectivity index (χ4v) is 2.60. The van der Waals surface area contributed by atoms with Gasteiger partial charge in [-0.15, -0.1) is 0 Å². The molecule has 136 valence electrons. The fourth-order valence-electron chi connectivity index (χ4n) is 2.60. The van der Waals surface area contributed by atoms with Crippen molar-refractivity contribution in [2.24, 2.45) is 0 Å². The second kappa shape index (κ2) is 13.8. The first-order valence-corrected chi connectivity index (χ1v) is 10.8. The summed E-state index contributed by atoms with van der Waals surface area (Å²) in [5.41, 5.74) is 1.41. The summed E-state index contributed by atoms with van der Waals surface area (Å²) in [5.74, 6) is 0. The van der Waals surface area contributed by atoms with Crippen molar-refractivity contribution in [3.05, 3.63) is 24.0 Å². The number of quaternary nitrogens is 1. The molecule has 0 aliphatic carbocycles. The van der Waals surface area contributed by atoms with Crippen LogP contribution in [0.1, 0.15) is 78.1 Å². The Morgan fingerprint density at radius 3 is 1.78 bits per heavy atom. The van der Waals surface area contributed by atoms with Crippen molar-refractivity contribution in [3.63, 3.8) is 0 Å². The van der Waals surface area contributed by atoms with Crippen LogP contribution in [-0.2, 0) is 10.1 Å². The first-order valence-electron chi connectivity index (χ1n) is 8.96. The van der Waals surface area contributed by atoms with Crippen LogP contribution in [0.15, 0.2) is 24.0 Å². The standard InChI is InChI=1S/C17H31N.CH4O3S/c1-3-4-5-6-7-8-9-10-11-12-14-18-15-13-17(2)16-18;1-5(2,3)4/h13,15-16H,3-12,14H2,1-2H3;1H3,(H,2,3,4). The molecular weight excluding hydrogens is 310 g/mol. The number of rotatable bonds is 11. The highest BCUT2D eigenvalue weighted by atomic mass is 32.2. The van der Waals surface area contributed by atoms with Gasteiger partial charge in [-0.25, -0.2) is 8.42 Å². The van der Waals surface area contributed by atoms with Gasteiger partial charge in [-0.2, -0.15) is 0 Å². The quantitative estimate of drug-likeness (QED) is 0.461. The zero-order valence-electron chi connectivity index (χ0n) is 15.1. The smallest absolute Gasteiger partial charge is 0.102 e. The van der Waals surface area contributed by atoms with Gasteiger partial charge in [0, 0.05) is 11.8 Å². The predicted octanol–water partition coefficient (Wildman–Crippen LogP) is 3.38. The molecule has 1 atom stereocenters. The highest BCUT2D eigenvalue weighted by molar-refractivity contribution is 7.84. The summed E-state index contributed by atoms with van der Waals surface area (Å²) < 4.78 is 27.2. The van der Waals surface area contributed by atoms with Crippen molar-refractivity contribution in [2.45, 2.75) is 78.1 Å². The van der Waals surface area contributed by atoms with E-state index in [2.05, 4.69) is 32.3 Å². The number of hydrogen-bond donors (Lipinski definition) is 1. The molecule has 0 radical (unpaired) electrons. The van der Waals surface area contributed by atoms with Crippen molar-refractivity contribution in [1.29, 1.82) is 0 Å². The van der Waals surface area contributed by atoms with E-state index in [-0.39, 0.29) is 0 Å². The first kappa shape index (κ1) is 22.4. The summed E-state index contributed by atoms with van der Waals surface area (Å²) >= 11 is 0. The molecule has 1 aliphatic heterocycles. The zero-order valence-corrected chi connectivity index (χ0v) is 16.0. The molecule has 0 amide bonds. The van der Waals surface area contributed by atoms with E-state index in [0.717, 1.165) is 0 Å². The molecule has 0 aromatic rings. The molecule has 5 heteroatoms. The van der Waals surface area contributed by atoms with Crippen LogP contribution in [0.25, 0.3) is 0 Å². The van der Waals surface area contributed by atoms with Crippen molar-refractivity contribution in [1.82, 2.24) is 0 Å². The first-order chi connectivity index (χ1) is 10.8. The number of unbranched alkanes of at least 4 members (excludes halogenated alkanes) is 9. The number of allylic oxidation sites excluding steroid dienone is 2. The Morgan fingerprint density at radius 2 is 1.39 bits per heavy atom. The van der Waals surface area contributed by atoms with Crippen molar-refractivity contribution in [3.8, 4) is 0 Å². The van der Waals surface area contributed by atoms with Gasteiger partial charge in [-0.05, 0) is 25.8 Å². The van der Waals surface area contributed by atoms with Crippen LogP contribution < -0.4 is 4.90 Å². The average molecular weight is 346 g/mol. The van der Waals surface area contributed by atoms with Gasteiger partial charge in [0.05, 0.1) is 22.9 Å². The minimum atomic E-state index is -3.92. The van der Waals surface area contributed by atoms with Crippen molar-refractivity contribution in [2.75, 3.05) is 12.8 Å². The lowest BCUT2D eigenvalue weighted by atomic mass is 10.1. The lowest BCUT2D eigenvalue weighted by Gasteiger charge is -2.06. The highest BCUT2D eigenvalue weighted by Crippen LogP contribution is 2.10. The SMILES string of the molecule is CCCCCCCCCCCC[NH+]1C=CC(C)=C1.CS(=O)(=O)[O-]. The Kier molecular flexibility index (Phi) is 13.4. The second-order valence-corrected chi connectivity index (χ2v) is 7.84. The van der Waals surface area contributed by atoms with E-state index in [0.29, 0.717) is 6.26 Å². The zero-order chi connectivity index (χ0) is 17.6. The third-order valence-corrected chi connectivity index (χ3v) is 3.79. The maximum atomic E-state index is 9.08.